The fourth-order valence-electron chi connectivity index (χ4n) is 5.05. The normalized spacial score (nSPS) is 11.4. The monoisotopic (exact) mass is 624 g/mol. The number of nitrogens with zero attached hydrogens (tertiary/aromatic N) is 1. The predicted molar refractivity (Wildman–Crippen MR) is 163 cm³/mol. The smallest absolute Gasteiger partial charge is 0.261 e. The Morgan fingerprint density at radius 1 is 0.977 bits per heavy atom. The number of pyridine rings is 1. The summed E-state index contributed by atoms with van der Waals surface area (Å²) in [6.07, 6.45) is 1.92. The van der Waals surface area contributed by atoms with Gasteiger partial charge in [-0.05, 0) is 79.4 Å². The van der Waals surface area contributed by atoms with Crippen LogP contribution in [0.3, 0.4) is 0 Å². The zero-order valence-electron chi connectivity index (χ0n) is 24.1. The molecule has 230 valence electrons. The molecule has 12 heteroatoms. The first-order valence-corrected chi connectivity index (χ1v) is 14.9. The average molecular weight is 625 g/mol. The number of halogens is 2. The van der Waals surface area contributed by atoms with Gasteiger partial charge in [-0.1, -0.05) is 6.07 Å². The van der Waals surface area contributed by atoms with Gasteiger partial charge in [0.15, 0.2) is 11.6 Å². The number of hydrogen-bond acceptors (Lipinski definition) is 7. The molecule has 2 N–H and O–H groups in total. The Kier molecular flexibility index (Phi) is 9.14. The molecular weight excluding hydrogens is 594 g/mol. The number of fused-ring (bicyclic) bond motifs is 1. The Labute approximate surface area is 253 Å². The Morgan fingerprint density at radius 2 is 1.70 bits per heavy atom. The summed E-state index contributed by atoms with van der Waals surface area (Å²) in [5.41, 5.74) is 3.95. The highest BCUT2D eigenvalue weighted by atomic mass is 32.2. The molecule has 0 saturated heterocycles. The van der Waals surface area contributed by atoms with Crippen molar-refractivity contribution in [1.82, 2.24) is 9.29 Å². The van der Waals surface area contributed by atoms with Crippen LogP contribution in [0, 0.1) is 25.5 Å². The van der Waals surface area contributed by atoms with E-state index in [1.54, 1.807) is 37.5 Å². The van der Waals surface area contributed by atoms with E-state index in [0.29, 0.717) is 46.1 Å². The Balaban J connectivity index is 1.67. The topological polar surface area (TPSA) is 120 Å². The summed E-state index contributed by atoms with van der Waals surface area (Å²) in [5.74, 6) is -0.574. The Bertz CT molecular complexity index is 1970. The van der Waals surface area contributed by atoms with E-state index in [1.807, 2.05) is 26.0 Å². The maximum atomic E-state index is 14.6. The number of ether oxygens (including phenoxy) is 2. The molecule has 0 saturated carbocycles. The molecule has 9 nitrogen and oxygen atoms in total. The second kappa shape index (κ2) is 13.0. The van der Waals surface area contributed by atoms with Crippen LogP contribution in [0.4, 0.5) is 8.78 Å². The lowest BCUT2D eigenvalue weighted by Crippen LogP contribution is -2.16. The summed E-state index contributed by atoms with van der Waals surface area (Å²) in [6, 6.07) is 13.4. The Morgan fingerprint density at radius 3 is 2.39 bits per heavy atom. The summed E-state index contributed by atoms with van der Waals surface area (Å²) < 4.78 is 71.9. The van der Waals surface area contributed by atoms with Crippen LogP contribution >= 0.6 is 0 Å². The molecule has 44 heavy (non-hydrogen) atoms. The number of nitrogens with one attached hydrogen (secondary N) is 1. The lowest BCUT2D eigenvalue weighted by Gasteiger charge is -2.15. The highest BCUT2D eigenvalue weighted by molar-refractivity contribution is 7.70. The van der Waals surface area contributed by atoms with Crippen LogP contribution < -0.4 is 19.8 Å². The van der Waals surface area contributed by atoms with Crippen LogP contribution in [-0.2, 0) is 24.4 Å². The first kappa shape index (κ1) is 30.9. The van der Waals surface area contributed by atoms with Crippen LogP contribution in [-0.4, -0.2) is 37.8 Å². The molecule has 0 fully saturated rings. The molecular formula is C32H30F2N2O7S. The quantitative estimate of drug-likeness (QED) is 0.173. The second-order valence-corrected chi connectivity index (χ2v) is 11.1. The second-order valence-electron chi connectivity index (χ2n) is 10.2. The van der Waals surface area contributed by atoms with Gasteiger partial charge in [-0.15, -0.1) is 0 Å². The van der Waals surface area contributed by atoms with Gasteiger partial charge in [-0.25, -0.2) is 21.9 Å². The van der Waals surface area contributed by atoms with Gasteiger partial charge in [-0.2, -0.15) is 0 Å². The summed E-state index contributed by atoms with van der Waals surface area (Å²) in [7, 11) is -1.18. The van der Waals surface area contributed by atoms with Crippen molar-refractivity contribution in [1.29, 1.82) is 0 Å². The molecule has 0 bridgehead atoms. The van der Waals surface area contributed by atoms with Crippen molar-refractivity contribution < 1.29 is 36.2 Å². The first-order valence-electron chi connectivity index (χ1n) is 13.7. The number of furan rings is 1. The summed E-state index contributed by atoms with van der Waals surface area (Å²) in [5, 5.41) is 9.45. The van der Waals surface area contributed by atoms with E-state index in [0.717, 1.165) is 22.8 Å². The molecule has 3 aromatic carbocycles. The van der Waals surface area contributed by atoms with Crippen LogP contribution in [0.1, 0.15) is 16.7 Å². The molecule has 0 radical (unpaired) electrons. The van der Waals surface area contributed by atoms with Gasteiger partial charge < -0.3 is 23.6 Å². The van der Waals surface area contributed by atoms with Gasteiger partial charge in [0, 0.05) is 42.5 Å². The molecule has 0 atom stereocenters. The number of hydrogen-bond donors (Lipinski definition) is 3. The molecule has 2 aromatic heterocycles. The zero-order valence-corrected chi connectivity index (χ0v) is 25.0. The summed E-state index contributed by atoms with van der Waals surface area (Å²) in [6.45, 7) is 3.93. The molecule has 5 rings (SSSR count). The van der Waals surface area contributed by atoms with Crippen molar-refractivity contribution in [2.45, 2.75) is 20.3 Å². The van der Waals surface area contributed by atoms with E-state index in [4.69, 9.17) is 19.0 Å². The molecule has 0 amide bonds. The third-order valence-electron chi connectivity index (χ3n) is 7.04. The van der Waals surface area contributed by atoms with Gasteiger partial charge >= 0.3 is 0 Å². The van der Waals surface area contributed by atoms with Crippen LogP contribution in [0.25, 0.3) is 33.4 Å². The lowest BCUT2D eigenvalue weighted by atomic mass is 10.0. The van der Waals surface area contributed by atoms with Crippen molar-refractivity contribution in [3.05, 3.63) is 99.5 Å². The first-order chi connectivity index (χ1) is 21.0. The van der Waals surface area contributed by atoms with Gasteiger partial charge in [0.25, 0.3) is 5.56 Å². The Hall–Kier alpha value is -4.52. The average Bonchev–Trinajstić information content (AvgIpc) is 3.42. The van der Waals surface area contributed by atoms with Crippen LogP contribution in [0.5, 0.6) is 17.2 Å². The number of aromatic nitrogens is 1. The van der Waals surface area contributed by atoms with Crippen molar-refractivity contribution in [3.63, 3.8) is 0 Å². The predicted octanol–water partition coefficient (Wildman–Crippen LogP) is 5.18. The number of aliphatic hydroxyl groups excluding tert-OH is 1. The standard InChI is InChI=1S/C32H30F2N2O7S/c1-18-12-21(13-19(2)30(18)41-11-10-37)29-16-24-31(43-29)25(17-36(3)32(24)38)23-14-20(8-9-35-44(39)40)4-6-27(23)42-28-7-5-22(33)15-26(28)34/h4-7,12-17,37,44H,8-11H2,1-3H3,(H,35,39,40). The summed E-state index contributed by atoms with van der Waals surface area (Å²) in [4.78, 5) is 13.3. The van der Waals surface area contributed by atoms with Crippen molar-refractivity contribution in [3.8, 4) is 39.7 Å². The van der Waals surface area contributed by atoms with Gasteiger partial charge in [0.1, 0.15) is 35.3 Å². The third kappa shape index (κ3) is 6.52. The van der Waals surface area contributed by atoms with Gasteiger partial charge in [0.2, 0.25) is 10.9 Å². The largest absolute Gasteiger partial charge is 0.491 e. The molecule has 0 aliphatic heterocycles. The highest BCUT2D eigenvalue weighted by Gasteiger charge is 2.21. The highest BCUT2D eigenvalue weighted by Crippen LogP contribution is 2.41. The van der Waals surface area contributed by atoms with E-state index in [1.165, 1.54) is 10.6 Å². The molecule has 5 aromatic rings. The van der Waals surface area contributed by atoms with Crippen molar-refractivity contribution >= 4 is 21.9 Å². The molecule has 0 aliphatic rings. The molecule has 0 aliphatic carbocycles. The van der Waals surface area contributed by atoms with E-state index >= 15 is 0 Å². The maximum absolute atomic E-state index is 14.6. The van der Waals surface area contributed by atoms with Crippen molar-refractivity contribution in [2.24, 2.45) is 7.05 Å². The number of aliphatic hydroxyl groups is 1. The van der Waals surface area contributed by atoms with E-state index < -0.39 is 22.5 Å². The van der Waals surface area contributed by atoms with Crippen molar-refractivity contribution in [2.75, 3.05) is 19.8 Å². The zero-order chi connectivity index (χ0) is 31.5. The molecule has 2 heterocycles. The maximum Gasteiger partial charge on any atom is 0.261 e. The van der Waals surface area contributed by atoms with Crippen LogP contribution in [0.15, 0.2) is 70.0 Å². The van der Waals surface area contributed by atoms with Gasteiger partial charge in [-0.3, -0.25) is 4.79 Å². The number of rotatable bonds is 11. The SMILES string of the molecule is Cc1cc(-c2cc3c(=O)n(C)cc(-c4cc(CCN[SH](=O)=O)ccc4Oc4ccc(F)cc4F)c3o2)cc(C)c1OCCO. The molecule has 0 spiro atoms. The minimum Gasteiger partial charge on any atom is -0.491 e. The number of benzene rings is 3. The van der Waals surface area contributed by atoms with E-state index in [2.05, 4.69) is 4.72 Å². The van der Waals surface area contributed by atoms with E-state index in [-0.39, 0.29) is 42.4 Å². The van der Waals surface area contributed by atoms with E-state index in [9.17, 15) is 22.0 Å². The molecule has 0 unspecified atom stereocenters. The fraction of sp³-hybridized carbons (Fsp3) is 0.219. The van der Waals surface area contributed by atoms with Crippen LogP contribution in [0.2, 0.25) is 0 Å². The fourth-order valence-corrected chi connectivity index (χ4v) is 5.35. The lowest BCUT2D eigenvalue weighted by molar-refractivity contribution is 0.200. The summed E-state index contributed by atoms with van der Waals surface area (Å²) >= 11 is 0. The number of thiol groups is 1. The minimum atomic E-state index is -2.77. The van der Waals surface area contributed by atoms with Gasteiger partial charge in [0.05, 0.1) is 12.0 Å². The third-order valence-corrected chi connectivity index (χ3v) is 7.52. The number of aryl methyl sites for hydroxylation is 3. The minimum absolute atomic E-state index is 0.119.